The molecule has 0 aliphatic carbocycles. The van der Waals surface area contributed by atoms with Crippen molar-refractivity contribution >= 4 is 33.2 Å². The Kier molecular flexibility index (Phi) is 3.61. The first-order valence-electron chi connectivity index (χ1n) is 5.20. The molecule has 2 rings (SSSR count). The van der Waals surface area contributed by atoms with E-state index in [9.17, 15) is 14.9 Å². The van der Waals surface area contributed by atoms with E-state index in [-0.39, 0.29) is 11.4 Å². The predicted octanol–water partition coefficient (Wildman–Crippen LogP) is 2.34. The summed E-state index contributed by atoms with van der Waals surface area (Å²) < 4.78 is 2.04. The molecule has 2 aromatic rings. The van der Waals surface area contributed by atoms with Gasteiger partial charge in [0, 0.05) is 25.5 Å². The van der Waals surface area contributed by atoms with Crippen molar-refractivity contribution in [2.24, 2.45) is 7.05 Å². The summed E-state index contributed by atoms with van der Waals surface area (Å²) in [5, 5.41) is 13.3. The van der Waals surface area contributed by atoms with Crippen molar-refractivity contribution < 1.29 is 9.72 Å². The molecular formula is C11H9BrN4O3. The zero-order valence-corrected chi connectivity index (χ0v) is 11.4. The van der Waals surface area contributed by atoms with Crippen LogP contribution in [-0.2, 0) is 7.05 Å². The Balaban J connectivity index is 2.26. The van der Waals surface area contributed by atoms with Crippen LogP contribution in [0.4, 0.5) is 11.4 Å². The zero-order chi connectivity index (χ0) is 14.0. The summed E-state index contributed by atoms with van der Waals surface area (Å²) in [6, 6.07) is 2.85. The van der Waals surface area contributed by atoms with E-state index in [1.807, 2.05) is 0 Å². The van der Waals surface area contributed by atoms with Crippen molar-refractivity contribution in [2.45, 2.75) is 0 Å². The molecule has 2 aromatic heterocycles. The number of rotatable bonds is 3. The van der Waals surface area contributed by atoms with Crippen molar-refractivity contribution in [3.05, 3.63) is 51.0 Å². The fraction of sp³-hybridized carbons (Fsp3) is 0.0909. The van der Waals surface area contributed by atoms with Crippen LogP contribution in [0, 0.1) is 10.1 Å². The Hall–Kier alpha value is -2.22. The van der Waals surface area contributed by atoms with E-state index in [2.05, 4.69) is 26.2 Å². The maximum Gasteiger partial charge on any atom is 0.287 e. The molecule has 0 aliphatic rings. The molecule has 7 nitrogen and oxygen atoms in total. The van der Waals surface area contributed by atoms with Crippen molar-refractivity contribution in [1.82, 2.24) is 9.55 Å². The number of halogens is 1. The maximum atomic E-state index is 12.0. The average Bonchev–Trinajstić information content (AvgIpc) is 2.74. The Bertz CT molecular complexity index is 653. The van der Waals surface area contributed by atoms with E-state index in [4.69, 9.17) is 0 Å². The Morgan fingerprint density at radius 2 is 2.32 bits per heavy atom. The number of aryl methyl sites for hydroxylation is 1. The Morgan fingerprint density at radius 3 is 2.89 bits per heavy atom. The van der Waals surface area contributed by atoms with Gasteiger partial charge in [-0.2, -0.15) is 0 Å². The minimum Gasteiger partial charge on any atom is -0.340 e. The molecule has 0 radical (unpaired) electrons. The van der Waals surface area contributed by atoms with Crippen LogP contribution in [0.25, 0.3) is 0 Å². The van der Waals surface area contributed by atoms with Gasteiger partial charge in [-0.05, 0) is 22.0 Å². The van der Waals surface area contributed by atoms with Crippen LogP contribution < -0.4 is 5.32 Å². The highest BCUT2D eigenvalue weighted by Gasteiger charge is 2.18. The normalized spacial score (nSPS) is 10.2. The number of nitrogens with zero attached hydrogens (tertiary/aromatic N) is 3. The summed E-state index contributed by atoms with van der Waals surface area (Å²) in [7, 11) is 1.57. The maximum absolute atomic E-state index is 12.0. The van der Waals surface area contributed by atoms with Crippen LogP contribution in [-0.4, -0.2) is 20.4 Å². The van der Waals surface area contributed by atoms with Gasteiger partial charge in [0.2, 0.25) is 0 Å². The largest absolute Gasteiger partial charge is 0.340 e. The van der Waals surface area contributed by atoms with Gasteiger partial charge in [-0.3, -0.25) is 19.9 Å². The third-order valence-electron chi connectivity index (χ3n) is 2.45. The van der Waals surface area contributed by atoms with E-state index in [0.29, 0.717) is 10.2 Å². The lowest BCUT2D eigenvalue weighted by molar-refractivity contribution is -0.384. The first kappa shape index (κ1) is 13.2. The summed E-state index contributed by atoms with van der Waals surface area (Å²) in [6.45, 7) is 0. The molecule has 2 heterocycles. The van der Waals surface area contributed by atoms with Crippen molar-refractivity contribution in [1.29, 1.82) is 0 Å². The van der Waals surface area contributed by atoms with Crippen molar-refractivity contribution in [2.75, 3.05) is 5.32 Å². The second-order valence-electron chi connectivity index (χ2n) is 3.76. The van der Waals surface area contributed by atoms with Gasteiger partial charge in [0.25, 0.3) is 11.6 Å². The third kappa shape index (κ3) is 2.79. The Morgan fingerprint density at radius 1 is 1.58 bits per heavy atom. The molecule has 0 aliphatic heterocycles. The minimum atomic E-state index is -0.543. The summed E-state index contributed by atoms with van der Waals surface area (Å²) in [5.41, 5.74) is 0.626. The van der Waals surface area contributed by atoms with Crippen LogP contribution in [0.5, 0.6) is 0 Å². The summed E-state index contributed by atoms with van der Waals surface area (Å²) in [5.74, 6) is -0.428. The third-order valence-corrected chi connectivity index (χ3v) is 3.09. The SMILES string of the molecule is Cn1cc([N+](=O)[O-])cc1C(=O)Nc1ccncc1Br. The minimum absolute atomic E-state index is 0.124. The highest BCUT2D eigenvalue weighted by Crippen LogP contribution is 2.22. The molecule has 0 saturated heterocycles. The quantitative estimate of drug-likeness (QED) is 0.693. The molecule has 0 bridgehead atoms. The average molecular weight is 325 g/mol. The fourth-order valence-corrected chi connectivity index (χ4v) is 1.89. The molecule has 0 atom stereocenters. The van der Waals surface area contributed by atoms with Gasteiger partial charge in [-0.1, -0.05) is 0 Å². The number of aromatic nitrogens is 2. The monoisotopic (exact) mass is 324 g/mol. The van der Waals surface area contributed by atoms with E-state index in [1.165, 1.54) is 23.0 Å². The molecule has 0 spiro atoms. The molecule has 0 saturated carbocycles. The molecule has 0 aromatic carbocycles. The lowest BCUT2D eigenvalue weighted by Crippen LogP contribution is -2.15. The van der Waals surface area contributed by atoms with Crippen LogP contribution in [0.1, 0.15) is 10.5 Å². The molecule has 98 valence electrons. The van der Waals surface area contributed by atoms with E-state index in [0.717, 1.165) is 0 Å². The lowest BCUT2D eigenvalue weighted by Gasteiger charge is -2.06. The van der Waals surface area contributed by atoms with Crippen LogP contribution in [0.3, 0.4) is 0 Å². The Labute approximate surface area is 116 Å². The molecule has 0 fully saturated rings. The summed E-state index contributed by atoms with van der Waals surface area (Å²) >= 11 is 3.25. The fourth-order valence-electron chi connectivity index (χ4n) is 1.54. The second kappa shape index (κ2) is 5.19. The standard InChI is InChI=1S/C11H9BrN4O3/c1-15-6-7(16(18)19)4-10(15)11(17)14-9-2-3-13-5-8(9)12/h2-6H,1H3,(H,13,14,17). The number of nitrogens with one attached hydrogen (secondary N) is 1. The van der Waals surface area contributed by atoms with Gasteiger partial charge >= 0.3 is 0 Å². The van der Waals surface area contributed by atoms with Crippen LogP contribution in [0.2, 0.25) is 0 Å². The molecule has 1 N–H and O–H groups in total. The number of hydrogen-bond donors (Lipinski definition) is 1. The van der Waals surface area contributed by atoms with Crippen molar-refractivity contribution in [3.8, 4) is 0 Å². The first-order chi connectivity index (χ1) is 8.99. The molecule has 1 amide bonds. The summed E-state index contributed by atoms with van der Waals surface area (Å²) in [6.07, 6.45) is 4.37. The van der Waals surface area contributed by atoms with Gasteiger partial charge in [-0.15, -0.1) is 0 Å². The van der Waals surface area contributed by atoms with E-state index < -0.39 is 10.8 Å². The van der Waals surface area contributed by atoms with Gasteiger partial charge < -0.3 is 9.88 Å². The number of anilines is 1. The highest BCUT2D eigenvalue weighted by atomic mass is 79.9. The number of pyridine rings is 1. The molecular weight excluding hydrogens is 316 g/mol. The van der Waals surface area contributed by atoms with Gasteiger partial charge in [0.15, 0.2) is 0 Å². The van der Waals surface area contributed by atoms with Crippen molar-refractivity contribution in [3.63, 3.8) is 0 Å². The zero-order valence-electron chi connectivity index (χ0n) is 9.83. The van der Waals surface area contributed by atoms with Gasteiger partial charge in [0.05, 0.1) is 21.3 Å². The molecule has 19 heavy (non-hydrogen) atoms. The molecule has 8 heteroatoms. The smallest absolute Gasteiger partial charge is 0.287 e. The second-order valence-corrected chi connectivity index (χ2v) is 4.62. The number of carbonyl (C=O) groups is 1. The molecule has 0 unspecified atom stereocenters. The number of hydrogen-bond acceptors (Lipinski definition) is 4. The topological polar surface area (TPSA) is 90.1 Å². The van der Waals surface area contributed by atoms with E-state index in [1.54, 1.807) is 19.3 Å². The lowest BCUT2D eigenvalue weighted by atomic mass is 10.3. The van der Waals surface area contributed by atoms with Crippen LogP contribution >= 0.6 is 15.9 Å². The van der Waals surface area contributed by atoms with E-state index >= 15 is 0 Å². The first-order valence-corrected chi connectivity index (χ1v) is 6.00. The number of carbonyl (C=O) groups excluding carboxylic acids is 1. The number of amides is 1. The number of nitro groups is 1. The van der Waals surface area contributed by atoms with Gasteiger partial charge in [-0.25, -0.2) is 0 Å². The van der Waals surface area contributed by atoms with Crippen LogP contribution in [0.15, 0.2) is 35.2 Å². The predicted molar refractivity (Wildman–Crippen MR) is 72.0 cm³/mol. The summed E-state index contributed by atoms with van der Waals surface area (Å²) in [4.78, 5) is 26.0. The van der Waals surface area contributed by atoms with Gasteiger partial charge in [0.1, 0.15) is 5.69 Å². The highest BCUT2D eigenvalue weighted by molar-refractivity contribution is 9.10.